The van der Waals surface area contributed by atoms with Crippen molar-refractivity contribution < 1.29 is 42.1 Å². The summed E-state index contributed by atoms with van der Waals surface area (Å²) in [6, 6.07) is 0. The molecule has 0 bridgehead atoms. The highest BCUT2D eigenvalue weighted by atomic mass is 31.2. The summed E-state index contributed by atoms with van der Waals surface area (Å²) >= 11 is 0. The minimum absolute atomic E-state index is 0.0333. The summed E-state index contributed by atoms with van der Waals surface area (Å²) in [5.74, 6) is -0.845. The quantitative estimate of drug-likeness (QED) is 0.0195. The number of quaternary nitrogens is 1. The van der Waals surface area contributed by atoms with Gasteiger partial charge in [-0.25, -0.2) is 0 Å². The first-order valence-corrected chi connectivity index (χ1v) is 27.2. The Kier molecular flexibility index (Phi) is 43.2. The van der Waals surface area contributed by atoms with Crippen LogP contribution in [-0.4, -0.2) is 70.0 Å². The fourth-order valence-corrected chi connectivity index (χ4v) is 7.83. The molecular weight excluding hydrogens is 798 g/mol. The lowest BCUT2D eigenvalue weighted by Gasteiger charge is -2.28. The molecule has 0 aromatic heterocycles. The summed E-state index contributed by atoms with van der Waals surface area (Å²) in [6.07, 6.45) is 51.9. The highest BCUT2D eigenvalue weighted by Crippen LogP contribution is 2.38. The smallest absolute Gasteiger partial charge is 0.306 e. The molecule has 0 radical (unpaired) electrons. The predicted molar refractivity (Wildman–Crippen MR) is 259 cm³/mol. The van der Waals surface area contributed by atoms with E-state index in [1.165, 1.54) is 135 Å². The maximum absolute atomic E-state index is 12.7. The number of rotatable bonds is 47. The van der Waals surface area contributed by atoms with Gasteiger partial charge in [-0.3, -0.25) is 14.2 Å². The van der Waals surface area contributed by atoms with Crippen molar-refractivity contribution in [3.63, 3.8) is 0 Å². The Morgan fingerprint density at radius 3 is 1.35 bits per heavy atom. The number of likely N-dealkylation sites (N-methyl/N-ethyl adjacent to an activating group) is 1. The fraction of sp³-hybridized carbons (Fsp3) is 0.846. The van der Waals surface area contributed by atoms with Crippen molar-refractivity contribution in [2.45, 2.75) is 238 Å². The molecule has 0 saturated carbocycles. The normalized spacial score (nSPS) is 13.7. The number of esters is 2. The SMILES string of the molecule is CCC/C=C\C/C=C\CCCCCCCC(=O)OC(COC(=O)CCCCCCCCCCCCCCC/C=C\CCCCCCCCCC)COP(=O)([O-])OCC[N+](C)(C)C. The molecule has 0 aliphatic carbocycles. The average Bonchev–Trinajstić information content (AvgIpc) is 3.23. The number of unbranched alkanes of at least 4 members (excludes halogenated alkanes) is 27. The Balaban J connectivity index is 4.14. The van der Waals surface area contributed by atoms with Crippen molar-refractivity contribution in [1.29, 1.82) is 0 Å². The first-order valence-electron chi connectivity index (χ1n) is 25.7. The van der Waals surface area contributed by atoms with Crippen molar-refractivity contribution in [3.8, 4) is 0 Å². The molecule has 0 aromatic carbocycles. The first kappa shape index (κ1) is 60.2. The topological polar surface area (TPSA) is 111 Å². The number of nitrogens with zero attached hydrogens (tertiary/aromatic N) is 1. The van der Waals surface area contributed by atoms with Gasteiger partial charge in [-0.2, -0.15) is 0 Å². The van der Waals surface area contributed by atoms with E-state index in [4.69, 9.17) is 18.5 Å². The molecule has 0 N–H and O–H groups in total. The van der Waals surface area contributed by atoms with Crippen molar-refractivity contribution in [3.05, 3.63) is 36.5 Å². The first-order chi connectivity index (χ1) is 30.0. The molecule has 0 amide bonds. The molecular formula is C52H98NO8P. The van der Waals surface area contributed by atoms with Gasteiger partial charge in [0, 0.05) is 12.8 Å². The third-order valence-electron chi connectivity index (χ3n) is 11.1. The number of ether oxygens (including phenoxy) is 2. The van der Waals surface area contributed by atoms with Gasteiger partial charge in [0.05, 0.1) is 27.7 Å². The average molecular weight is 896 g/mol. The van der Waals surface area contributed by atoms with E-state index < -0.39 is 26.5 Å². The van der Waals surface area contributed by atoms with Gasteiger partial charge in [-0.05, 0) is 64.2 Å². The van der Waals surface area contributed by atoms with E-state index in [2.05, 4.69) is 50.3 Å². The maximum atomic E-state index is 12.7. The summed E-state index contributed by atoms with van der Waals surface area (Å²) in [5.41, 5.74) is 0. The molecule has 0 aliphatic heterocycles. The van der Waals surface area contributed by atoms with Gasteiger partial charge >= 0.3 is 11.9 Å². The van der Waals surface area contributed by atoms with E-state index >= 15 is 0 Å². The fourth-order valence-electron chi connectivity index (χ4n) is 7.10. The van der Waals surface area contributed by atoms with Crippen LogP contribution in [0.25, 0.3) is 0 Å². The van der Waals surface area contributed by atoms with Crippen LogP contribution in [0.1, 0.15) is 232 Å². The van der Waals surface area contributed by atoms with E-state index in [0.29, 0.717) is 17.4 Å². The molecule has 0 heterocycles. The Morgan fingerprint density at radius 1 is 0.500 bits per heavy atom. The number of hydrogen-bond acceptors (Lipinski definition) is 8. The van der Waals surface area contributed by atoms with E-state index in [-0.39, 0.29) is 32.0 Å². The van der Waals surface area contributed by atoms with Crippen LogP contribution in [0.2, 0.25) is 0 Å². The molecule has 0 saturated heterocycles. The number of hydrogen-bond donors (Lipinski definition) is 0. The number of phosphoric acid groups is 1. The summed E-state index contributed by atoms with van der Waals surface area (Å²) < 4.78 is 34.0. The highest BCUT2D eigenvalue weighted by molar-refractivity contribution is 7.45. The standard InChI is InChI=1S/C52H98NO8P/c1-6-8-10-12-14-16-18-20-21-22-23-24-25-26-27-28-29-30-31-33-34-36-38-40-42-44-51(54)58-48-50(49-60-62(56,57)59-47-46-53(3,4)5)61-52(55)45-43-41-39-37-35-32-19-17-15-13-11-9-7-2/h11,13,17,19,22-23,50H,6-10,12,14-16,18,20-21,24-49H2,1-5H3/b13-11-,19-17-,23-22-. The molecule has 0 rings (SSSR count). The van der Waals surface area contributed by atoms with Crippen molar-refractivity contribution in [2.24, 2.45) is 0 Å². The van der Waals surface area contributed by atoms with E-state index in [1.807, 2.05) is 21.1 Å². The lowest BCUT2D eigenvalue weighted by molar-refractivity contribution is -0.870. The van der Waals surface area contributed by atoms with Crippen molar-refractivity contribution >= 4 is 19.8 Å². The zero-order valence-corrected chi connectivity index (χ0v) is 42.0. The molecule has 10 heteroatoms. The minimum Gasteiger partial charge on any atom is -0.756 e. The molecule has 0 aliphatic rings. The summed E-state index contributed by atoms with van der Waals surface area (Å²) in [6.45, 7) is 4.17. The van der Waals surface area contributed by atoms with Crippen LogP contribution >= 0.6 is 7.82 Å². The summed E-state index contributed by atoms with van der Waals surface area (Å²) in [7, 11) is 1.16. The number of allylic oxidation sites excluding steroid dienone is 6. The molecule has 9 nitrogen and oxygen atoms in total. The van der Waals surface area contributed by atoms with Gasteiger partial charge in [0.2, 0.25) is 0 Å². The summed E-state index contributed by atoms with van der Waals surface area (Å²) in [5, 5.41) is 0. The zero-order chi connectivity index (χ0) is 45.7. The molecule has 2 atom stereocenters. The Hall–Kier alpha value is -1.77. The van der Waals surface area contributed by atoms with E-state index in [0.717, 1.165) is 64.2 Å². The Labute approximate surface area is 382 Å². The molecule has 364 valence electrons. The second-order valence-electron chi connectivity index (χ2n) is 18.5. The number of phosphoric ester groups is 1. The van der Waals surface area contributed by atoms with Crippen molar-refractivity contribution in [1.82, 2.24) is 0 Å². The van der Waals surface area contributed by atoms with Crippen LogP contribution in [0, 0.1) is 0 Å². The highest BCUT2D eigenvalue weighted by Gasteiger charge is 2.21. The second-order valence-corrected chi connectivity index (χ2v) is 19.9. The van der Waals surface area contributed by atoms with Gasteiger partial charge in [-0.15, -0.1) is 0 Å². The molecule has 0 aromatic rings. The molecule has 0 fully saturated rings. The van der Waals surface area contributed by atoms with Crippen LogP contribution in [-0.2, 0) is 32.7 Å². The summed E-state index contributed by atoms with van der Waals surface area (Å²) in [4.78, 5) is 37.6. The molecule has 2 unspecified atom stereocenters. The molecule has 0 spiro atoms. The monoisotopic (exact) mass is 896 g/mol. The zero-order valence-electron chi connectivity index (χ0n) is 41.1. The third-order valence-corrected chi connectivity index (χ3v) is 12.1. The lowest BCUT2D eigenvalue weighted by Crippen LogP contribution is -2.37. The number of carbonyl (C=O) groups excluding carboxylic acids is 2. The largest absolute Gasteiger partial charge is 0.756 e. The molecule has 62 heavy (non-hydrogen) atoms. The van der Waals surface area contributed by atoms with Gasteiger partial charge < -0.3 is 27.9 Å². The lowest BCUT2D eigenvalue weighted by atomic mass is 10.0. The van der Waals surface area contributed by atoms with Gasteiger partial charge in [-0.1, -0.05) is 192 Å². The second kappa shape index (κ2) is 44.4. The predicted octanol–water partition coefficient (Wildman–Crippen LogP) is 14.6. The van der Waals surface area contributed by atoms with Crippen molar-refractivity contribution in [2.75, 3.05) is 47.5 Å². The minimum atomic E-state index is -4.63. The van der Waals surface area contributed by atoms with Crippen LogP contribution in [0.5, 0.6) is 0 Å². The maximum Gasteiger partial charge on any atom is 0.306 e. The Morgan fingerprint density at radius 2 is 0.903 bits per heavy atom. The Bertz CT molecular complexity index is 1150. The van der Waals surface area contributed by atoms with Gasteiger partial charge in [0.25, 0.3) is 7.82 Å². The van der Waals surface area contributed by atoms with Gasteiger partial charge in [0.1, 0.15) is 19.8 Å². The van der Waals surface area contributed by atoms with E-state index in [1.54, 1.807) is 0 Å². The third kappa shape index (κ3) is 47.7. The van der Waals surface area contributed by atoms with Crippen LogP contribution < -0.4 is 4.89 Å². The van der Waals surface area contributed by atoms with Crippen LogP contribution in [0.15, 0.2) is 36.5 Å². The van der Waals surface area contributed by atoms with Crippen LogP contribution in [0.3, 0.4) is 0 Å². The van der Waals surface area contributed by atoms with Crippen LogP contribution in [0.4, 0.5) is 0 Å². The van der Waals surface area contributed by atoms with Gasteiger partial charge in [0.15, 0.2) is 6.10 Å². The number of carbonyl (C=O) groups is 2. The van der Waals surface area contributed by atoms with E-state index in [9.17, 15) is 19.0 Å².